The third kappa shape index (κ3) is 1.72. The Bertz CT molecular complexity index is 648. The number of fused-ring (bicyclic) bond motifs is 3. The number of rotatable bonds is 1. The Balaban J connectivity index is 1.82. The molecule has 1 N–H and O–H groups in total. The van der Waals surface area contributed by atoms with E-state index in [0.717, 1.165) is 32.1 Å². The summed E-state index contributed by atoms with van der Waals surface area (Å²) >= 11 is 0. The van der Waals surface area contributed by atoms with Gasteiger partial charge < -0.3 is 9.67 Å². The minimum atomic E-state index is -0.0923. The van der Waals surface area contributed by atoms with E-state index in [2.05, 4.69) is 34.0 Å². The van der Waals surface area contributed by atoms with Gasteiger partial charge in [-0.2, -0.15) is 0 Å². The number of aromatic nitrogens is 2. The van der Waals surface area contributed by atoms with Crippen molar-refractivity contribution in [2.75, 3.05) is 0 Å². The van der Waals surface area contributed by atoms with Crippen LogP contribution in [0, 0.1) is 0 Å². The molecule has 2 heterocycles. The van der Waals surface area contributed by atoms with Crippen molar-refractivity contribution >= 4 is 17.0 Å². The highest BCUT2D eigenvalue weighted by Gasteiger charge is 2.23. The summed E-state index contributed by atoms with van der Waals surface area (Å²) in [6.07, 6.45) is 13.5. The van der Waals surface area contributed by atoms with Crippen LogP contribution in [0.25, 0.3) is 17.0 Å². The van der Waals surface area contributed by atoms with Crippen LogP contribution in [0.1, 0.15) is 43.0 Å². The number of hydrogen-bond acceptors (Lipinski definition) is 2. The van der Waals surface area contributed by atoms with Gasteiger partial charge in [-0.1, -0.05) is 12.2 Å². The highest BCUT2D eigenvalue weighted by molar-refractivity contribution is 5.90. The fourth-order valence-electron chi connectivity index (χ4n) is 3.48. The lowest BCUT2D eigenvalue weighted by Crippen LogP contribution is -2.20. The van der Waals surface area contributed by atoms with Gasteiger partial charge in [-0.3, -0.25) is 4.98 Å². The molecular weight excluding hydrogens is 236 g/mol. The summed E-state index contributed by atoms with van der Waals surface area (Å²) in [7, 11) is 0. The lowest BCUT2D eigenvalue weighted by molar-refractivity contribution is 0.111. The largest absolute Gasteiger partial charge is 0.393 e. The monoisotopic (exact) mass is 254 g/mol. The molecule has 0 amide bonds. The summed E-state index contributed by atoms with van der Waals surface area (Å²) in [5.74, 6) is 0. The third-order valence-corrected chi connectivity index (χ3v) is 4.53. The van der Waals surface area contributed by atoms with Gasteiger partial charge in [0.2, 0.25) is 0 Å². The van der Waals surface area contributed by atoms with Gasteiger partial charge in [0, 0.05) is 35.8 Å². The Labute approximate surface area is 112 Å². The van der Waals surface area contributed by atoms with Crippen LogP contribution in [0.5, 0.6) is 0 Å². The van der Waals surface area contributed by atoms with E-state index in [-0.39, 0.29) is 6.10 Å². The first kappa shape index (κ1) is 11.2. The van der Waals surface area contributed by atoms with Gasteiger partial charge >= 0.3 is 0 Å². The Morgan fingerprint density at radius 2 is 2.05 bits per heavy atom. The molecule has 3 heteroatoms. The van der Waals surface area contributed by atoms with E-state index < -0.39 is 0 Å². The molecule has 1 saturated carbocycles. The fraction of sp³-hybridized carbons (Fsp3) is 0.438. The Morgan fingerprint density at radius 3 is 2.89 bits per heavy atom. The van der Waals surface area contributed by atoms with Crippen LogP contribution in [0.2, 0.25) is 0 Å². The summed E-state index contributed by atoms with van der Waals surface area (Å²) < 4.78 is 2.41. The van der Waals surface area contributed by atoms with Gasteiger partial charge in [-0.05, 0) is 31.7 Å². The van der Waals surface area contributed by atoms with Crippen LogP contribution in [-0.4, -0.2) is 20.8 Å². The summed E-state index contributed by atoms with van der Waals surface area (Å²) in [5.41, 5.74) is 3.83. The molecule has 0 bridgehead atoms. The molecule has 0 radical (unpaired) electrons. The quantitative estimate of drug-likeness (QED) is 0.849. The van der Waals surface area contributed by atoms with E-state index in [1.54, 1.807) is 0 Å². The van der Waals surface area contributed by atoms with Crippen LogP contribution >= 0.6 is 0 Å². The lowest BCUT2D eigenvalue weighted by Gasteiger charge is -2.27. The maximum absolute atomic E-state index is 9.66. The van der Waals surface area contributed by atoms with Gasteiger partial charge in [0.05, 0.1) is 17.3 Å². The molecule has 0 unspecified atom stereocenters. The molecule has 3 nitrogen and oxygen atoms in total. The van der Waals surface area contributed by atoms with E-state index in [4.69, 9.17) is 0 Å². The van der Waals surface area contributed by atoms with Crippen molar-refractivity contribution in [2.24, 2.45) is 0 Å². The second kappa shape index (κ2) is 4.20. The average molecular weight is 254 g/mol. The Kier molecular flexibility index (Phi) is 2.49. The zero-order chi connectivity index (χ0) is 12.8. The van der Waals surface area contributed by atoms with Crippen LogP contribution in [-0.2, 0) is 6.42 Å². The van der Waals surface area contributed by atoms with Crippen molar-refractivity contribution in [3.63, 3.8) is 0 Å². The van der Waals surface area contributed by atoms with Crippen LogP contribution in [0.3, 0.4) is 0 Å². The van der Waals surface area contributed by atoms with Crippen molar-refractivity contribution in [1.82, 2.24) is 9.55 Å². The van der Waals surface area contributed by atoms with E-state index in [0.29, 0.717) is 6.04 Å². The van der Waals surface area contributed by atoms with Crippen molar-refractivity contribution in [3.05, 3.63) is 35.8 Å². The molecule has 2 aromatic heterocycles. The first-order chi connectivity index (χ1) is 9.33. The first-order valence-electron chi connectivity index (χ1n) is 7.16. The van der Waals surface area contributed by atoms with Gasteiger partial charge in [0.25, 0.3) is 0 Å². The molecule has 0 aromatic carbocycles. The van der Waals surface area contributed by atoms with E-state index >= 15 is 0 Å². The predicted octanol–water partition coefficient (Wildman–Crippen LogP) is 3.08. The highest BCUT2D eigenvalue weighted by atomic mass is 16.3. The minimum Gasteiger partial charge on any atom is -0.393 e. The summed E-state index contributed by atoms with van der Waals surface area (Å²) in [6.45, 7) is 0. The third-order valence-electron chi connectivity index (χ3n) is 4.53. The molecule has 98 valence electrons. The van der Waals surface area contributed by atoms with Crippen molar-refractivity contribution in [2.45, 2.75) is 44.2 Å². The van der Waals surface area contributed by atoms with Crippen molar-refractivity contribution < 1.29 is 5.11 Å². The maximum atomic E-state index is 9.66. The summed E-state index contributed by atoms with van der Waals surface area (Å²) in [5, 5.41) is 10.9. The molecule has 19 heavy (non-hydrogen) atoms. The SMILES string of the molecule is OC1CCC(n2ccc3cnc4c(c32)C=CC4)CC1. The Morgan fingerprint density at radius 1 is 1.21 bits per heavy atom. The molecule has 0 saturated heterocycles. The van der Waals surface area contributed by atoms with Crippen LogP contribution < -0.4 is 0 Å². The lowest BCUT2D eigenvalue weighted by atomic mass is 9.93. The number of allylic oxidation sites excluding steroid dienone is 1. The standard InChI is InChI=1S/C16H18N2O/c19-13-6-4-12(5-7-13)18-9-8-11-10-17-15-3-1-2-14(15)16(11)18/h1-2,8-10,12-13,19H,3-7H2. The number of aliphatic hydroxyl groups is 1. The van der Waals surface area contributed by atoms with Crippen molar-refractivity contribution in [1.29, 1.82) is 0 Å². The second-order valence-electron chi connectivity index (χ2n) is 5.71. The van der Waals surface area contributed by atoms with Gasteiger partial charge in [-0.25, -0.2) is 0 Å². The molecule has 2 aromatic rings. The smallest absolute Gasteiger partial charge is 0.0590 e. The van der Waals surface area contributed by atoms with E-state index in [1.165, 1.54) is 22.2 Å². The van der Waals surface area contributed by atoms with E-state index in [1.807, 2.05) is 6.20 Å². The van der Waals surface area contributed by atoms with Crippen LogP contribution in [0.4, 0.5) is 0 Å². The predicted molar refractivity (Wildman–Crippen MR) is 76.0 cm³/mol. The molecule has 0 aliphatic heterocycles. The number of nitrogens with zero attached hydrogens (tertiary/aromatic N) is 2. The van der Waals surface area contributed by atoms with Crippen LogP contribution in [0.15, 0.2) is 24.5 Å². The minimum absolute atomic E-state index is 0.0923. The normalized spacial score (nSPS) is 25.9. The van der Waals surface area contributed by atoms with E-state index in [9.17, 15) is 5.11 Å². The number of aliphatic hydroxyl groups excluding tert-OH is 1. The zero-order valence-corrected chi connectivity index (χ0v) is 10.9. The van der Waals surface area contributed by atoms with Crippen molar-refractivity contribution in [3.8, 4) is 0 Å². The molecule has 4 rings (SSSR count). The first-order valence-corrected chi connectivity index (χ1v) is 7.16. The summed E-state index contributed by atoms with van der Waals surface area (Å²) in [4.78, 5) is 4.54. The maximum Gasteiger partial charge on any atom is 0.0590 e. The molecule has 2 aliphatic rings. The number of hydrogen-bond donors (Lipinski definition) is 1. The molecule has 0 spiro atoms. The van der Waals surface area contributed by atoms with Gasteiger partial charge in [0.15, 0.2) is 0 Å². The highest BCUT2D eigenvalue weighted by Crippen LogP contribution is 2.35. The molecule has 0 atom stereocenters. The van der Waals surface area contributed by atoms with Gasteiger partial charge in [-0.15, -0.1) is 0 Å². The topological polar surface area (TPSA) is 38.0 Å². The fourth-order valence-corrected chi connectivity index (χ4v) is 3.48. The summed E-state index contributed by atoms with van der Waals surface area (Å²) in [6, 6.07) is 2.70. The van der Waals surface area contributed by atoms with Gasteiger partial charge in [0.1, 0.15) is 0 Å². The molecule has 1 fully saturated rings. The molecular formula is C16H18N2O. The zero-order valence-electron chi connectivity index (χ0n) is 10.9. The Hall–Kier alpha value is -1.61. The number of pyridine rings is 1. The average Bonchev–Trinajstić information content (AvgIpc) is 3.04. The second-order valence-corrected chi connectivity index (χ2v) is 5.71. The molecule has 2 aliphatic carbocycles.